The zero-order valence-electron chi connectivity index (χ0n) is 11.0. The summed E-state index contributed by atoms with van der Waals surface area (Å²) in [5.74, 6) is 0.469. The SMILES string of the molecule is CN1CCC(N(C)c2ccc(CCl)c(Cl)c2)CC1. The second kappa shape index (κ2) is 6.14. The number of hydrogen-bond donors (Lipinski definition) is 0. The molecule has 1 heterocycles. The normalized spacial score (nSPS) is 18.0. The van der Waals surface area contributed by atoms with Crippen LogP contribution in [0.2, 0.25) is 5.02 Å². The van der Waals surface area contributed by atoms with Gasteiger partial charge >= 0.3 is 0 Å². The maximum absolute atomic E-state index is 6.22. The molecule has 1 aromatic carbocycles. The highest BCUT2D eigenvalue weighted by Crippen LogP contribution is 2.27. The molecule has 0 amide bonds. The number of benzene rings is 1. The Morgan fingerprint density at radius 1 is 1.33 bits per heavy atom. The van der Waals surface area contributed by atoms with Crippen molar-refractivity contribution in [1.82, 2.24) is 4.90 Å². The molecule has 100 valence electrons. The van der Waals surface area contributed by atoms with Crippen LogP contribution in [0.5, 0.6) is 0 Å². The lowest BCUT2D eigenvalue weighted by atomic mass is 10.0. The number of rotatable bonds is 3. The average Bonchev–Trinajstić information content (AvgIpc) is 2.38. The van der Waals surface area contributed by atoms with Gasteiger partial charge in [-0.05, 0) is 50.7 Å². The van der Waals surface area contributed by atoms with E-state index in [2.05, 4.69) is 30.0 Å². The van der Waals surface area contributed by atoms with E-state index in [9.17, 15) is 0 Å². The van der Waals surface area contributed by atoms with Crippen molar-refractivity contribution >= 4 is 28.9 Å². The Morgan fingerprint density at radius 2 is 2.00 bits per heavy atom. The minimum atomic E-state index is 0.469. The third-order valence-corrected chi connectivity index (χ3v) is 4.46. The summed E-state index contributed by atoms with van der Waals surface area (Å²) in [5.41, 5.74) is 2.18. The van der Waals surface area contributed by atoms with E-state index in [1.807, 2.05) is 12.1 Å². The van der Waals surface area contributed by atoms with Gasteiger partial charge in [-0.1, -0.05) is 17.7 Å². The van der Waals surface area contributed by atoms with E-state index < -0.39 is 0 Å². The molecule has 0 bridgehead atoms. The molecule has 2 rings (SSSR count). The topological polar surface area (TPSA) is 6.48 Å². The van der Waals surface area contributed by atoms with Crippen LogP contribution in [0.4, 0.5) is 5.69 Å². The second-order valence-electron chi connectivity index (χ2n) is 5.05. The lowest BCUT2D eigenvalue weighted by molar-refractivity contribution is 0.253. The summed E-state index contributed by atoms with van der Waals surface area (Å²) in [5, 5.41) is 0.766. The molecule has 0 aromatic heterocycles. The van der Waals surface area contributed by atoms with E-state index in [-0.39, 0.29) is 0 Å². The predicted molar refractivity (Wildman–Crippen MR) is 79.9 cm³/mol. The van der Waals surface area contributed by atoms with E-state index in [0.29, 0.717) is 11.9 Å². The average molecular weight is 287 g/mol. The maximum atomic E-state index is 6.22. The fraction of sp³-hybridized carbons (Fsp3) is 0.571. The third kappa shape index (κ3) is 3.11. The first kappa shape index (κ1) is 14.0. The third-order valence-electron chi connectivity index (χ3n) is 3.82. The summed E-state index contributed by atoms with van der Waals surface area (Å²) in [6.07, 6.45) is 2.42. The quantitative estimate of drug-likeness (QED) is 0.784. The van der Waals surface area contributed by atoms with Gasteiger partial charge in [0.2, 0.25) is 0 Å². The molecule has 1 fully saturated rings. The van der Waals surface area contributed by atoms with E-state index in [1.54, 1.807) is 0 Å². The summed E-state index contributed by atoms with van der Waals surface area (Å²) in [6.45, 7) is 2.34. The van der Waals surface area contributed by atoms with Crippen LogP contribution in [0.3, 0.4) is 0 Å². The first-order valence-corrected chi connectivity index (χ1v) is 7.29. The van der Waals surface area contributed by atoms with Crippen LogP contribution in [-0.4, -0.2) is 38.1 Å². The van der Waals surface area contributed by atoms with Gasteiger partial charge in [-0.25, -0.2) is 0 Å². The number of alkyl halides is 1. The molecule has 0 radical (unpaired) electrons. The fourth-order valence-corrected chi connectivity index (χ4v) is 3.00. The highest BCUT2D eigenvalue weighted by atomic mass is 35.5. The number of halogens is 2. The van der Waals surface area contributed by atoms with Gasteiger partial charge in [-0.2, -0.15) is 0 Å². The van der Waals surface area contributed by atoms with Gasteiger partial charge in [-0.3, -0.25) is 0 Å². The van der Waals surface area contributed by atoms with Gasteiger partial charge in [0.1, 0.15) is 0 Å². The molecule has 1 saturated heterocycles. The summed E-state index contributed by atoms with van der Waals surface area (Å²) < 4.78 is 0. The van der Waals surface area contributed by atoms with Crippen LogP contribution in [-0.2, 0) is 5.88 Å². The number of likely N-dealkylation sites (tertiary alicyclic amines) is 1. The molecule has 2 nitrogen and oxygen atoms in total. The highest BCUT2D eigenvalue weighted by Gasteiger charge is 2.21. The van der Waals surface area contributed by atoms with Crippen molar-refractivity contribution in [1.29, 1.82) is 0 Å². The van der Waals surface area contributed by atoms with E-state index in [1.165, 1.54) is 31.6 Å². The molecule has 0 unspecified atom stereocenters. The second-order valence-corrected chi connectivity index (χ2v) is 5.73. The van der Waals surface area contributed by atoms with Crippen molar-refractivity contribution in [2.75, 3.05) is 32.1 Å². The molecular weight excluding hydrogens is 267 g/mol. The lowest BCUT2D eigenvalue weighted by Gasteiger charge is -2.36. The zero-order chi connectivity index (χ0) is 13.1. The van der Waals surface area contributed by atoms with Gasteiger partial charge in [-0.15, -0.1) is 11.6 Å². The fourth-order valence-electron chi connectivity index (χ4n) is 2.46. The van der Waals surface area contributed by atoms with Crippen molar-refractivity contribution in [3.05, 3.63) is 28.8 Å². The van der Waals surface area contributed by atoms with Crippen molar-refractivity contribution in [2.45, 2.75) is 24.8 Å². The Labute approximate surface area is 119 Å². The van der Waals surface area contributed by atoms with Crippen LogP contribution >= 0.6 is 23.2 Å². The van der Waals surface area contributed by atoms with Crippen molar-refractivity contribution < 1.29 is 0 Å². The standard InChI is InChI=1S/C14H20Cl2N2/c1-17-7-5-12(6-8-17)18(2)13-4-3-11(10-15)14(16)9-13/h3-4,9,12H,5-8,10H2,1-2H3. The number of anilines is 1. The van der Waals surface area contributed by atoms with Gasteiger partial charge in [0, 0.05) is 29.7 Å². The number of hydrogen-bond acceptors (Lipinski definition) is 2. The van der Waals surface area contributed by atoms with Crippen LogP contribution in [0, 0.1) is 0 Å². The predicted octanol–water partition coefficient (Wildman–Crippen LogP) is 3.61. The van der Waals surface area contributed by atoms with Gasteiger partial charge in [0.15, 0.2) is 0 Å². The van der Waals surface area contributed by atoms with Crippen LogP contribution < -0.4 is 4.90 Å². The minimum Gasteiger partial charge on any atom is -0.371 e. The molecule has 0 saturated carbocycles. The molecule has 0 atom stereocenters. The van der Waals surface area contributed by atoms with Crippen LogP contribution in [0.1, 0.15) is 18.4 Å². The minimum absolute atomic E-state index is 0.469. The smallest absolute Gasteiger partial charge is 0.0488 e. The van der Waals surface area contributed by atoms with Gasteiger partial charge < -0.3 is 9.80 Å². The maximum Gasteiger partial charge on any atom is 0.0488 e. The first-order valence-electron chi connectivity index (χ1n) is 6.37. The Morgan fingerprint density at radius 3 is 2.56 bits per heavy atom. The van der Waals surface area contributed by atoms with Gasteiger partial charge in [0.05, 0.1) is 0 Å². The van der Waals surface area contributed by atoms with Crippen LogP contribution in [0.25, 0.3) is 0 Å². The molecule has 0 N–H and O–H groups in total. The van der Waals surface area contributed by atoms with E-state index >= 15 is 0 Å². The number of piperidine rings is 1. The lowest BCUT2D eigenvalue weighted by Crippen LogP contribution is -2.41. The van der Waals surface area contributed by atoms with Gasteiger partial charge in [0.25, 0.3) is 0 Å². The van der Waals surface area contributed by atoms with E-state index in [0.717, 1.165) is 10.6 Å². The summed E-state index contributed by atoms with van der Waals surface area (Å²) in [6, 6.07) is 6.77. The summed E-state index contributed by atoms with van der Waals surface area (Å²) >= 11 is 12.0. The van der Waals surface area contributed by atoms with E-state index in [4.69, 9.17) is 23.2 Å². The summed E-state index contributed by atoms with van der Waals surface area (Å²) in [7, 11) is 4.34. The van der Waals surface area contributed by atoms with Crippen molar-refractivity contribution in [3.8, 4) is 0 Å². The summed E-state index contributed by atoms with van der Waals surface area (Å²) in [4.78, 5) is 4.73. The van der Waals surface area contributed by atoms with Crippen LogP contribution in [0.15, 0.2) is 18.2 Å². The molecule has 18 heavy (non-hydrogen) atoms. The molecule has 1 aliphatic heterocycles. The van der Waals surface area contributed by atoms with Crippen molar-refractivity contribution in [3.63, 3.8) is 0 Å². The Kier molecular flexibility index (Phi) is 4.77. The first-order chi connectivity index (χ1) is 8.61. The molecule has 1 aliphatic rings. The molecule has 0 spiro atoms. The molecule has 1 aromatic rings. The Bertz CT molecular complexity index is 401. The Balaban J connectivity index is 2.08. The zero-order valence-corrected chi connectivity index (χ0v) is 12.5. The molecule has 0 aliphatic carbocycles. The Hall–Kier alpha value is -0.440. The highest BCUT2D eigenvalue weighted by molar-refractivity contribution is 6.32. The number of nitrogens with zero attached hydrogens (tertiary/aromatic N) is 2. The molecule has 4 heteroatoms. The molecular formula is C14H20Cl2N2. The largest absolute Gasteiger partial charge is 0.371 e. The van der Waals surface area contributed by atoms with Crippen molar-refractivity contribution in [2.24, 2.45) is 0 Å². The monoisotopic (exact) mass is 286 g/mol.